The largest absolute Gasteiger partial charge is 0.361 e. The highest BCUT2D eigenvalue weighted by molar-refractivity contribution is 7.10. The smallest absolute Gasteiger partial charge is 0.309 e. The molecule has 1 saturated heterocycles. The van der Waals surface area contributed by atoms with Gasteiger partial charge in [0.2, 0.25) is 0 Å². The first-order chi connectivity index (χ1) is 10.1. The van der Waals surface area contributed by atoms with E-state index >= 15 is 0 Å². The molecule has 1 aromatic rings. The minimum atomic E-state index is -0.909. The van der Waals surface area contributed by atoms with Crippen LogP contribution in [0.15, 0.2) is 11.4 Å². The number of piperidine rings is 1. The number of nitrogens with two attached hydrogens (primary N) is 1. The number of aryl methyl sites for hydroxylation is 1. The third-order valence-corrected chi connectivity index (χ3v) is 5.01. The molecule has 0 aliphatic carbocycles. The molecule has 3 N–H and O–H groups in total. The van der Waals surface area contributed by atoms with Gasteiger partial charge >= 0.3 is 11.8 Å². The highest BCUT2D eigenvalue weighted by Gasteiger charge is 2.21. The zero-order chi connectivity index (χ0) is 15.2. The van der Waals surface area contributed by atoms with Crippen molar-refractivity contribution in [3.8, 4) is 0 Å². The average molecular weight is 309 g/mol. The molecule has 0 radical (unpaired) electrons. The molecule has 5 nitrogen and oxygen atoms in total. The normalized spacial score (nSPS) is 19.4. The number of carbonyl (C=O) groups is 2. The lowest BCUT2D eigenvalue weighted by molar-refractivity contribution is -0.137. The summed E-state index contributed by atoms with van der Waals surface area (Å²) in [6, 6.07) is 2.17. The van der Waals surface area contributed by atoms with Gasteiger partial charge < -0.3 is 11.1 Å². The second kappa shape index (κ2) is 7.56. The summed E-state index contributed by atoms with van der Waals surface area (Å²) in [5, 5.41) is 4.71. The van der Waals surface area contributed by atoms with E-state index in [-0.39, 0.29) is 0 Å². The van der Waals surface area contributed by atoms with Crippen LogP contribution in [-0.4, -0.2) is 36.3 Å². The van der Waals surface area contributed by atoms with Crippen LogP contribution >= 0.6 is 11.3 Å². The fraction of sp³-hybridized carbons (Fsp3) is 0.600. The lowest BCUT2D eigenvalue weighted by atomic mass is 9.94. The van der Waals surface area contributed by atoms with Gasteiger partial charge in [-0.05, 0) is 55.7 Å². The number of amides is 2. The van der Waals surface area contributed by atoms with Crippen LogP contribution in [-0.2, 0) is 16.1 Å². The summed E-state index contributed by atoms with van der Waals surface area (Å²) in [5.41, 5.74) is 6.28. The number of rotatable bonds is 5. The standard InChI is InChI=1S/C15H23N3O2S/c1-11-5-8-21-13(11)10-18-7-2-3-12(9-18)4-6-17-15(20)14(16)19/h5,8,12H,2-4,6-7,9-10H2,1H3,(H2,16,19)(H,17,20)/t12-/m1/s1. The molecule has 1 fully saturated rings. The van der Waals surface area contributed by atoms with Crippen LogP contribution in [0.2, 0.25) is 0 Å². The third-order valence-electron chi connectivity index (χ3n) is 4.00. The number of nitrogens with one attached hydrogen (secondary N) is 1. The van der Waals surface area contributed by atoms with Crippen molar-refractivity contribution >= 4 is 23.2 Å². The summed E-state index contributed by atoms with van der Waals surface area (Å²) in [6.07, 6.45) is 3.28. The van der Waals surface area contributed by atoms with Gasteiger partial charge in [0, 0.05) is 24.5 Å². The van der Waals surface area contributed by atoms with E-state index in [1.54, 1.807) is 0 Å². The number of carbonyl (C=O) groups excluding carboxylic acids is 2. The number of primary amides is 1. The van der Waals surface area contributed by atoms with Gasteiger partial charge in [0.15, 0.2) is 0 Å². The zero-order valence-electron chi connectivity index (χ0n) is 12.4. The van der Waals surface area contributed by atoms with Gasteiger partial charge in [-0.1, -0.05) is 0 Å². The number of hydrogen-bond donors (Lipinski definition) is 2. The molecule has 21 heavy (non-hydrogen) atoms. The quantitative estimate of drug-likeness (QED) is 0.804. The van der Waals surface area contributed by atoms with Crippen molar-refractivity contribution in [3.63, 3.8) is 0 Å². The van der Waals surface area contributed by atoms with E-state index in [2.05, 4.69) is 28.6 Å². The molecule has 2 heterocycles. The second-order valence-electron chi connectivity index (χ2n) is 5.68. The molecule has 6 heteroatoms. The van der Waals surface area contributed by atoms with Crippen molar-refractivity contribution in [1.82, 2.24) is 10.2 Å². The van der Waals surface area contributed by atoms with Crippen molar-refractivity contribution in [2.24, 2.45) is 11.7 Å². The summed E-state index contributed by atoms with van der Waals surface area (Å²) in [4.78, 5) is 25.7. The fourth-order valence-corrected chi connectivity index (χ4v) is 3.72. The van der Waals surface area contributed by atoms with Crippen molar-refractivity contribution in [2.45, 2.75) is 32.7 Å². The molecule has 0 bridgehead atoms. The van der Waals surface area contributed by atoms with Gasteiger partial charge in [-0.2, -0.15) is 0 Å². The molecule has 116 valence electrons. The Kier molecular flexibility index (Phi) is 5.76. The van der Waals surface area contributed by atoms with Crippen LogP contribution in [0.25, 0.3) is 0 Å². The SMILES string of the molecule is Cc1ccsc1CN1CCC[C@H](CCNC(=O)C(N)=O)C1. The van der Waals surface area contributed by atoms with E-state index in [4.69, 9.17) is 5.73 Å². The number of hydrogen-bond acceptors (Lipinski definition) is 4. The Morgan fingerprint density at radius 3 is 3.00 bits per heavy atom. The summed E-state index contributed by atoms with van der Waals surface area (Å²) >= 11 is 1.82. The highest BCUT2D eigenvalue weighted by atomic mass is 32.1. The van der Waals surface area contributed by atoms with E-state index in [9.17, 15) is 9.59 Å². The van der Waals surface area contributed by atoms with E-state index in [0.29, 0.717) is 12.5 Å². The lowest BCUT2D eigenvalue weighted by Gasteiger charge is -2.32. The van der Waals surface area contributed by atoms with E-state index in [1.807, 2.05) is 11.3 Å². The van der Waals surface area contributed by atoms with Crippen molar-refractivity contribution in [1.29, 1.82) is 0 Å². The minimum Gasteiger partial charge on any atom is -0.361 e. The number of nitrogens with zero attached hydrogens (tertiary/aromatic N) is 1. The van der Waals surface area contributed by atoms with Gasteiger partial charge in [-0.3, -0.25) is 14.5 Å². The van der Waals surface area contributed by atoms with Crippen LogP contribution in [0.4, 0.5) is 0 Å². The highest BCUT2D eigenvalue weighted by Crippen LogP contribution is 2.24. The molecule has 0 spiro atoms. The van der Waals surface area contributed by atoms with Crippen LogP contribution in [0, 0.1) is 12.8 Å². The molecular weight excluding hydrogens is 286 g/mol. The van der Waals surface area contributed by atoms with Gasteiger partial charge in [-0.25, -0.2) is 0 Å². The first-order valence-electron chi connectivity index (χ1n) is 7.39. The third kappa shape index (κ3) is 4.82. The number of likely N-dealkylation sites (tertiary alicyclic amines) is 1. The Labute approximate surface area is 129 Å². The lowest BCUT2D eigenvalue weighted by Crippen LogP contribution is -2.39. The van der Waals surface area contributed by atoms with Crippen molar-refractivity contribution in [3.05, 3.63) is 21.9 Å². The molecule has 1 aliphatic heterocycles. The minimum absolute atomic E-state index is 0.526. The summed E-state index contributed by atoms with van der Waals surface area (Å²) in [7, 11) is 0. The molecule has 1 aliphatic rings. The molecule has 0 unspecified atom stereocenters. The monoisotopic (exact) mass is 309 g/mol. The van der Waals surface area contributed by atoms with Gasteiger partial charge in [0.05, 0.1) is 0 Å². The molecular formula is C15H23N3O2S. The Balaban J connectivity index is 1.74. The summed E-state index contributed by atoms with van der Waals surface area (Å²) in [6.45, 7) is 5.91. The maximum absolute atomic E-state index is 11.1. The Bertz CT molecular complexity index is 501. The van der Waals surface area contributed by atoms with Crippen LogP contribution in [0.5, 0.6) is 0 Å². The van der Waals surface area contributed by atoms with Gasteiger partial charge in [0.25, 0.3) is 0 Å². The maximum atomic E-state index is 11.1. The summed E-state index contributed by atoms with van der Waals surface area (Å²) in [5.74, 6) is -1.02. The van der Waals surface area contributed by atoms with Crippen molar-refractivity contribution < 1.29 is 9.59 Å². The van der Waals surface area contributed by atoms with Crippen LogP contribution in [0.1, 0.15) is 29.7 Å². The molecule has 0 saturated carbocycles. The molecule has 2 rings (SSSR count). The predicted octanol–water partition coefficient (Wildman–Crippen LogP) is 1.26. The molecule has 1 aromatic heterocycles. The van der Waals surface area contributed by atoms with E-state index < -0.39 is 11.8 Å². The predicted molar refractivity (Wildman–Crippen MR) is 83.9 cm³/mol. The molecule has 1 atom stereocenters. The van der Waals surface area contributed by atoms with Crippen LogP contribution < -0.4 is 11.1 Å². The average Bonchev–Trinajstić information content (AvgIpc) is 2.84. The van der Waals surface area contributed by atoms with Crippen molar-refractivity contribution in [2.75, 3.05) is 19.6 Å². The van der Waals surface area contributed by atoms with Gasteiger partial charge in [0.1, 0.15) is 0 Å². The van der Waals surface area contributed by atoms with E-state index in [0.717, 1.165) is 26.1 Å². The maximum Gasteiger partial charge on any atom is 0.309 e. The fourth-order valence-electron chi connectivity index (χ4n) is 2.78. The Morgan fingerprint density at radius 1 is 1.52 bits per heavy atom. The summed E-state index contributed by atoms with van der Waals surface area (Å²) < 4.78 is 0. The Morgan fingerprint density at radius 2 is 2.33 bits per heavy atom. The Hall–Kier alpha value is -1.40. The molecule has 2 amide bonds. The number of thiophene rings is 1. The first kappa shape index (κ1) is 16.0. The molecule has 0 aromatic carbocycles. The van der Waals surface area contributed by atoms with Crippen LogP contribution in [0.3, 0.4) is 0 Å². The first-order valence-corrected chi connectivity index (χ1v) is 8.27. The van der Waals surface area contributed by atoms with E-state index in [1.165, 1.54) is 23.3 Å². The second-order valence-corrected chi connectivity index (χ2v) is 6.68. The van der Waals surface area contributed by atoms with Gasteiger partial charge in [-0.15, -0.1) is 11.3 Å². The zero-order valence-corrected chi connectivity index (χ0v) is 13.2. The topological polar surface area (TPSA) is 75.4 Å².